The van der Waals surface area contributed by atoms with Crippen LogP contribution in [0.15, 0.2) is 48.7 Å². The predicted octanol–water partition coefficient (Wildman–Crippen LogP) is 1.24. The summed E-state index contributed by atoms with van der Waals surface area (Å²) in [5, 5.41) is 7.88. The maximum atomic E-state index is 13.5. The molecule has 3 aliphatic heterocycles. The van der Waals surface area contributed by atoms with E-state index in [1.807, 2.05) is 47.4 Å². The molecular weight excluding hydrogens is 422 g/mol. The van der Waals surface area contributed by atoms with E-state index in [4.69, 9.17) is 9.47 Å². The highest BCUT2D eigenvalue weighted by Crippen LogP contribution is 2.26. The molecule has 2 aromatic rings. The summed E-state index contributed by atoms with van der Waals surface area (Å²) >= 11 is 0. The Morgan fingerprint density at radius 3 is 2.64 bits per heavy atom. The molecule has 0 aliphatic carbocycles. The number of amides is 2. The van der Waals surface area contributed by atoms with Crippen molar-refractivity contribution in [2.45, 2.75) is 18.4 Å². The van der Waals surface area contributed by atoms with Gasteiger partial charge >= 0.3 is 0 Å². The first-order chi connectivity index (χ1) is 16.2. The van der Waals surface area contributed by atoms with Crippen LogP contribution >= 0.6 is 0 Å². The van der Waals surface area contributed by atoms with Crippen LogP contribution < -0.4 is 10.1 Å². The quantitative estimate of drug-likeness (QED) is 0.657. The number of nitrogens with one attached hydrogen (secondary N) is 1. The second-order valence-electron chi connectivity index (χ2n) is 8.57. The minimum atomic E-state index is -0.915. The first kappa shape index (κ1) is 21.7. The van der Waals surface area contributed by atoms with Gasteiger partial charge in [0.05, 0.1) is 18.5 Å². The standard InChI is InChI=1S/C24H29N5O4/c30-22-21-20(17-29(26-21)19-7-2-1-3-8-19)32-15-5-4-9-24(18-25-10-16-33-24)23(31)28-12-6-11-27(22)13-14-28/h1-5,7-8,17,25H,6,9-16,18H2/b5-4-. The Hall–Kier alpha value is -3.17. The van der Waals surface area contributed by atoms with Gasteiger partial charge in [-0.2, -0.15) is 5.10 Å². The number of hydrogen-bond acceptors (Lipinski definition) is 6. The Labute approximate surface area is 192 Å². The SMILES string of the molecule is O=C1c2nn(-c3ccccc3)cc2OC/C=C\CC2(CNCCO2)C(=O)N2CCCN1CC2. The van der Waals surface area contributed by atoms with Gasteiger partial charge in [-0.3, -0.25) is 9.59 Å². The minimum Gasteiger partial charge on any atom is -0.485 e. The van der Waals surface area contributed by atoms with Gasteiger partial charge in [-0.25, -0.2) is 4.68 Å². The third kappa shape index (κ3) is 4.38. The lowest BCUT2D eigenvalue weighted by molar-refractivity contribution is -0.161. The Kier molecular flexibility index (Phi) is 6.15. The fourth-order valence-corrected chi connectivity index (χ4v) is 4.58. The Bertz CT molecular complexity index is 1030. The van der Waals surface area contributed by atoms with Crippen molar-refractivity contribution in [1.29, 1.82) is 0 Å². The molecule has 9 heteroatoms. The maximum Gasteiger partial charge on any atom is 0.278 e. The first-order valence-electron chi connectivity index (χ1n) is 11.5. The van der Waals surface area contributed by atoms with Crippen LogP contribution in [-0.2, 0) is 9.53 Å². The second kappa shape index (κ2) is 9.36. The van der Waals surface area contributed by atoms with Crippen molar-refractivity contribution in [3.63, 3.8) is 0 Å². The summed E-state index contributed by atoms with van der Waals surface area (Å²) in [7, 11) is 0. The molecule has 3 aliphatic rings. The summed E-state index contributed by atoms with van der Waals surface area (Å²) in [6, 6.07) is 9.65. The number of carbonyl (C=O) groups excluding carboxylic acids is 2. The zero-order valence-corrected chi connectivity index (χ0v) is 18.6. The average molecular weight is 452 g/mol. The van der Waals surface area contributed by atoms with Gasteiger partial charge in [-0.1, -0.05) is 30.4 Å². The number of fused-ring (bicyclic) bond motifs is 4. The molecule has 1 unspecified atom stereocenters. The van der Waals surface area contributed by atoms with Crippen LogP contribution in [0.4, 0.5) is 0 Å². The van der Waals surface area contributed by atoms with E-state index in [2.05, 4.69) is 10.4 Å². The highest BCUT2D eigenvalue weighted by molar-refractivity contribution is 5.95. The minimum absolute atomic E-state index is 0.0133. The molecule has 4 heterocycles. The van der Waals surface area contributed by atoms with Crippen molar-refractivity contribution in [1.82, 2.24) is 24.9 Å². The van der Waals surface area contributed by atoms with Crippen LogP contribution in [0.2, 0.25) is 0 Å². The molecule has 9 nitrogen and oxygen atoms in total. The molecule has 1 N–H and O–H groups in total. The average Bonchev–Trinajstić information content (AvgIpc) is 3.12. The van der Waals surface area contributed by atoms with Crippen molar-refractivity contribution in [3.8, 4) is 11.4 Å². The molecule has 2 bridgehead atoms. The molecule has 0 radical (unpaired) electrons. The fourth-order valence-electron chi connectivity index (χ4n) is 4.58. The summed E-state index contributed by atoms with van der Waals surface area (Å²) in [6.45, 7) is 4.04. The van der Waals surface area contributed by atoms with Gasteiger partial charge in [-0.15, -0.1) is 0 Å². The van der Waals surface area contributed by atoms with E-state index in [1.165, 1.54) is 0 Å². The molecule has 1 spiro atoms. The fraction of sp³-hybridized carbons (Fsp3) is 0.458. The molecule has 2 amide bonds. The molecule has 174 valence electrons. The van der Waals surface area contributed by atoms with Crippen LogP contribution in [0, 0.1) is 0 Å². The van der Waals surface area contributed by atoms with Crippen LogP contribution in [0.25, 0.3) is 5.69 Å². The van der Waals surface area contributed by atoms with E-state index in [0.29, 0.717) is 63.6 Å². The second-order valence-corrected chi connectivity index (χ2v) is 8.57. The van der Waals surface area contributed by atoms with Gasteiger partial charge in [0.1, 0.15) is 6.61 Å². The van der Waals surface area contributed by atoms with E-state index >= 15 is 0 Å². The molecule has 1 atom stereocenters. The van der Waals surface area contributed by atoms with Crippen molar-refractivity contribution >= 4 is 11.8 Å². The van der Waals surface area contributed by atoms with E-state index in [1.54, 1.807) is 15.8 Å². The van der Waals surface area contributed by atoms with E-state index < -0.39 is 5.60 Å². The molecule has 0 saturated carbocycles. The topological polar surface area (TPSA) is 88.9 Å². The number of rotatable bonds is 1. The number of benzene rings is 1. The summed E-state index contributed by atoms with van der Waals surface area (Å²) in [6.07, 6.45) is 6.73. The summed E-state index contributed by atoms with van der Waals surface area (Å²) in [5.41, 5.74) is 0.230. The van der Waals surface area contributed by atoms with Crippen molar-refractivity contribution in [2.24, 2.45) is 0 Å². The van der Waals surface area contributed by atoms with Crippen LogP contribution in [-0.4, -0.2) is 89.5 Å². The van der Waals surface area contributed by atoms with Gasteiger partial charge in [0.2, 0.25) is 0 Å². The highest BCUT2D eigenvalue weighted by atomic mass is 16.5. The van der Waals surface area contributed by atoms with Crippen LogP contribution in [0.1, 0.15) is 23.3 Å². The third-order valence-electron chi connectivity index (χ3n) is 6.38. The van der Waals surface area contributed by atoms with Gasteiger partial charge in [-0.05, 0) is 18.6 Å². The number of hydrogen-bond donors (Lipinski definition) is 1. The number of aromatic nitrogens is 2. The lowest BCUT2D eigenvalue weighted by Crippen LogP contribution is -2.60. The number of nitrogens with zero attached hydrogens (tertiary/aromatic N) is 4. The lowest BCUT2D eigenvalue weighted by atomic mass is 9.95. The largest absolute Gasteiger partial charge is 0.485 e. The highest BCUT2D eigenvalue weighted by Gasteiger charge is 2.43. The van der Waals surface area contributed by atoms with E-state index in [-0.39, 0.29) is 18.4 Å². The molecule has 2 saturated heterocycles. The van der Waals surface area contributed by atoms with Crippen molar-refractivity contribution < 1.29 is 19.1 Å². The van der Waals surface area contributed by atoms with Crippen LogP contribution in [0.3, 0.4) is 0 Å². The monoisotopic (exact) mass is 451 g/mol. The van der Waals surface area contributed by atoms with Gasteiger partial charge < -0.3 is 24.6 Å². The van der Waals surface area contributed by atoms with Crippen molar-refractivity contribution in [2.75, 3.05) is 52.5 Å². The summed E-state index contributed by atoms with van der Waals surface area (Å²) in [4.78, 5) is 30.6. The summed E-state index contributed by atoms with van der Waals surface area (Å²) in [5.74, 6) is 0.258. The lowest BCUT2D eigenvalue weighted by Gasteiger charge is -2.39. The molecule has 5 rings (SSSR count). The van der Waals surface area contributed by atoms with Gasteiger partial charge in [0, 0.05) is 45.7 Å². The van der Waals surface area contributed by atoms with E-state index in [9.17, 15) is 9.59 Å². The van der Waals surface area contributed by atoms with Gasteiger partial charge in [0.15, 0.2) is 17.0 Å². The predicted molar refractivity (Wildman–Crippen MR) is 121 cm³/mol. The molecule has 33 heavy (non-hydrogen) atoms. The molecule has 1 aromatic heterocycles. The number of ether oxygens (including phenoxy) is 2. The third-order valence-corrected chi connectivity index (χ3v) is 6.38. The molecule has 1 aromatic carbocycles. The van der Waals surface area contributed by atoms with Gasteiger partial charge in [0.25, 0.3) is 11.8 Å². The molecular formula is C24H29N5O4. The maximum absolute atomic E-state index is 13.5. The van der Waals surface area contributed by atoms with Crippen molar-refractivity contribution in [3.05, 3.63) is 54.4 Å². The smallest absolute Gasteiger partial charge is 0.278 e. The zero-order valence-electron chi connectivity index (χ0n) is 18.6. The van der Waals surface area contributed by atoms with Crippen LogP contribution in [0.5, 0.6) is 5.75 Å². The zero-order chi connectivity index (χ0) is 22.7. The normalized spacial score (nSPS) is 25.3. The Morgan fingerprint density at radius 1 is 1.00 bits per heavy atom. The summed E-state index contributed by atoms with van der Waals surface area (Å²) < 4.78 is 13.7. The van der Waals surface area contributed by atoms with E-state index in [0.717, 1.165) is 12.2 Å². The first-order valence-corrected chi connectivity index (χ1v) is 11.5. The number of para-hydroxylation sites is 1. The Balaban J connectivity index is 1.48. The number of morpholine rings is 1. The number of carbonyl (C=O) groups is 2. The molecule has 2 fully saturated rings. The Morgan fingerprint density at radius 2 is 1.82 bits per heavy atom.